The highest BCUT2D eigenvalue weighted by Gasteiger charge is 2.13. The molecule has 0 aliphatic heterocycles. The second-order valence-electron chi connectivity index (χ2n) is 4.22. The van der Waals surface area contributed by atoms with Crippen molar-refractivity contribution in [2.45, 2.75) is 52.5 Å². The third-order valence-electron chi connectivity index (χ3n) is 2.56. The van der Waals surface area contributed by atoms with Crippen LogP contribution in [0, 0.1) is 0 Å². The lowest BCUT2D eigenvalue weighted by Crippen LogP contribution is -2.44. The number of hydrogen-bond acceptors (Lipinski definition) is 2. The molecular formula is C12H24N2O3. The van der Waals surface area contributed by atoms with E-state index in [1.54, 1.807) is 4.90 Å². The number of nitrogens with one attached hydrogen (secondary N) is 1. The van der Waals surface area contributed by atoms with Crippen LogP contribution in [0.4, 0.5) is 4.79 Å². The highest BCUT2D eigenvalue weighted by atomic mass is 16.4. The molecule has 0 aliphatic carbocycles. The molecule has 0 spiro atoms. The van der Waals surface area contributed by atoms with Crippen LogP contribution in [0.3, 0.4) is 0 Å². The van der Waals surface area contributed by atoms with Crippen molar-refractivity contribution in [3.8, 4) is 0 Å². The number of rotatable bonds is 8. The van der Waals surface area contributed by atoms with E-state index in [1.807, 2.05) is 20.8 Å². The molecule has 17 heavy (non-hydrogen) atoms. The van der Waals surface area contributed by atoms with E-state index in [4.69, 9.17) is 5.11 Å². The number of carboxylic acids is 1. The lowest BCUT2D eigenvalue weighted by atomic mass is 10.1. The number of amides is 2. The van der Waals surface area contributed by atoms with Crippen molar-refractivity contribution in [3.63, 3.8) is 0 Å². The number of nitrogens with zero attached hydrogens (tertiary/aromatic N) is 1. The normalized spacial score (nSPS) is 11.9. The standard InChI is InChI=1S/C12H24N2O3/c1-4-9-14(5-2)12(17)13-10(3)7-6-8-11(15)16/h10H,4-9H2,1-3H3,(H,13,17)(H,15,16). The summed E-state index contributed by atoms with van der Waals surface area (Å²) in [6, 6.07) is -0.0371. The first-order chi connectivity index (χ1) is 8.01. The highest BCUT2D eigenvalue weighted by molar-refractivity contribution is 5.74. The summed E-state index contributed by atoms with van der Waals surface area (Å²) in [6.07, 6.45) is 2.39. The van der Waals surface area contributed by atoms with Crippen LogP contribution in [0.2, 0.25) is 0 Å². The van der Waals surface area contributed by atoms with E-state index >= 15 is 0 Å². The molecule has 0 heterocycles. The van der Waals surface area contributed by atoms with Crippen molar-refractivity contribution in [1.82, 2.24) is 10.2 Å². The SMILES string of the molecule is CCCN(CC)C(=O)NC(C)CCCC(=O)O. The molecular weight excluding hydrogens is 220 g/mol. The number of hydrogen-bond donors (Lipinski definition) is 2. The fourth-order valence-corrected chi connectivity index (χ4v) is 1.61. The predicted octanol–water partition coefficient (Wildman–Crippen LogP) is 2.07. The third-order valence-corrected chi connectivity index (χ3v) is 2.56. The van der Waals surface area contributed by atoms with Crippen LogP contribution in [-0.2, 0) is 4.79 Å². The summed E-state index contributed by atoms with van der Waals surface area (Å²) in [6.45, 7) is 7.34. The maximum atomic E-state index is 11.8. The molecule has 0 aromatic carbocycles. The quantitative estimate of drug-likeness (QED) is 0.686. The molecule has 1 atom stereocenters. The Balaban J connectivity index is 3.88. The number of carbonyl (C=O) groups is 2. The summed E-state index contributed by atoms with van der Waals surface area (Å²) in [7, 11) is 0. The molecule has 0 saturated carbocycles. The first-order valence-corrected chi connectivity index (χ1v) is 6.28. The molecule has 0 radical (unpaired) electrons. The second-order valence-corrected chi connectivity index (χ2v) is 4.22. The monoisotopic (exact) mass is 244 g/mol. The van der Waals surface area contributed by atoms with Crippen molar-refractivity contribution in [1.29, 1.82) is 0 Å². The summed E-state index contributed by atoms with van der Waals surface area (Å²) in [5, 5.41) is 11.4. The van der Waals surface area contributed by atoms with Crippen molar-refractivity contribution >= 4 is 12.0 Å². The second kappa shape index (κ2) is 8.84. The minimum atomic E-state index is -0.787. The minimum absolute atomic E-state index is 0.0211. The van der Waals surface area contributed by atoms with Crippen molar-refractivity contribution in [2.75, 3.05) is 13.1 Å². The molecule has 0 aromatic heterocycles. The molecule has 5 nitrogen and oxygen atoms in total. The zero-order valence-corrected chi connectivity index (χ0v) is 11.0. The Kier molecular flexibility index (Phi) is 8.19. The summed E-state index contributed by atoms with van der Waals surface area (Å²) in [5.74, 6) is -0.787. The summed E-state index contributed by atoms with van der Waals surface area (Å²) in [4.78, 5) is 23.9. The zero-order valence-electron chi connectivity index (χ0n) is 11.0. The van der Waals surface area contributed by atoms with Gasteiger partial charge in [-0.1, -0.05) is 6.92 Å². The van der Waals surface area contributed by atoms with Crippen LogP contribution in [0.15, 0.2) is 0 Å². The Morgan fingerprint density at radius 1 is 1.35 bits per heavy atom. The number of urea groups is 1. The molecule has 0 fully saturated rings. The van der Waals surface area contributed by atoms with E-state index in [0.717, 1.165) is 13.0 Å². The Hall–Kier alpha value is -1.26. The van der Waals surface area contributed by atoms with Gasteiger partial charge in [-0.25, -0.2) is 4.79 Å². The van der Waals surface area contributed by atoms with Crippen molar-refractivity contribution < 1.29 is 14.7 Å². The largest absolute Gasteiger partial charge is 0.481 e. The van der Waals surface area contributed by atoms with Gasteiger partial charge in [0.2, 0.25) is 0 Å². The Bertz CT molecular complexity index is 244. The van der Waals surface area contributed by atoms with Gasteiger partial charge in [0.05, 0.1) is 0 Å². The lowest BCUT2D eigenvalue weighted by Gasteiger charge is -2.23. The topological polar surface area (TPSA) is 69.6 Å². The van der Waals surface area contributed by atoms with Gasteiger partial charge in [0.25, 0.3) is 0 Å². The molecule has 0 aromatic rings. The minimum Gasteiger partial charge on any atom is -0.481 e. The van der Waals surface area contributed by atoms with Crippen LogP contribution < -0.4 is 5.32 Å². The van der Waals surface area contributed by atoms with E-state index in [-0.39, 0.29) is 18.5 Å². The van der Waals surface area contributed by atoms with Crippen LogP contribution >= 0.6 is 0 Å². The fourth-order valence-electron chi connectivity index (χ4n) is 1.61. The van der Waals surface area contributed by atoms with Crippen molar-refractivity contribution in [2.24, 2.45) is 0 Å². The number of carbonyl (C=O) groups excluding carboxylic acids is 1. The van der Waals surface area contributed by atoms with E-state index in [9.17, 15) is 9.59 Å². The summed E-state index contributed by atoms with van der Waals surface area (Å²) in [5.41, 5.74) is 0. The van der Waals surface area contributed by atoms with Gasteiger partial charge in [0.15, 0.2) is 0 Å². The predicted molar refractivity (Wildman–Crippen MR) is 67.0 cm³/mol. The van der Waals surface area contributed by atoms with Gasteiger partial charge in [0, 0.05) is 25.6 Å². The third kappa shape index (κ3) is 7.60. The highest BCUT2D eigenvalue weighted by Crippen LogP contribution is 2.02. The molecule has 0 bridgehead atoms. The summed E-state index contributed by atoms with van der Waals surface area (Å²) >= 11 is 0. The molecule has 100 valence electrons. The van der Waals surface area contributed by atoms with Gasteiger partial charge >= 0.3 is 12.0 Å². The molecule has 5 heteroatoms. The molecule has 0 saturated heterocycles. The first-order valence-electron chi connectivity index (χ1n) is 6.28. The average Bonchev–Trinajstić information content (AvgIpc) is 2.24. The Labute approximate surface area is 103 Å². The van der Waals surface area contributed by atoms with E-state index in [1.165, 1.54) is 0 Å². The van der Waals surface area contributed by atoms with E-state index in [0.29, 0.717) is 19.4 Å². The molecule has 2 amide bonds. The number of carboxylic acid groups (broad SMARTS) is 1. The molecule has 0 aliphatic rings. The average molecular weight is 244 g/mol. The Morgan fingerprint density at radius 2 is 2.00 bits per heavy atom. The van der Waals surface area contributed by atoms with Crippen LogP contribution in [0.1, 0.15) is 46.5 Å². The van der Waals surface area contributed by atoms with Crippen molar-refractivity contribution in [3.05, 3.63) is 0 Å². The van der Waals surface area contributed by atoms with Gasteiger partial charge in [0.1, 0.15) is 0 Å². The lowest BCUT2D eigenvalue weighted by molar-refractivity contribution is -0.137. The van der Waals surface area contributed by atoms with E-state index < -0.39 is 5.97 Å². The molecule has 2 N–H and O–H groups in total. The molecule has 1 unspecified atom stereocenters. The van der Waals surface area contributed by atoms with Gasteiger partial charge in [-0.2, -0.15) is 0 Å². The molecule has 0 rings (SSSR count). The van der Waals surface area contributed by atoms with Gasteiger partial charge in [-0.05, 0) is 33.1 Å². The number of aliphatic carboxylic acids is 1. The Morgan fingerprint density at radius 3 is 2.47 bits per heavy atom. The maximum absolute atomic E-state index is 11.8. The van der Waals surface area contributed by atoms with Crippen LogP contribution in [0.25, 0.3) is 0 Å². The summed E-state index contributed by atoms with van der Waals surface area (Å²) < 4.78 is 0. The smallest absolute Gasteiger partial charge is 0.317 e. The first kappa shape index (κ1) is 15.7. The van der Waals surface area contributed by atoms with Gasteiger partial charge < -0.3 is 15.3 Å². The fraction of sp³-hybridized carbons (Fsp3) is 0.833. The van der Waals surface area contributed by atoms with E-state index in [2.05, 4.69) is 5.32 Å². The van der Waals surface area contributed by atoms with Crippen LogP contribution in [0.5, 0.6) is 0 Å². The maximum Gasteiger partial charge on any atom is 0.317 e. The van der Waals surface area contributed by atoms with Gasteiger partial charge in [-0.15, -0.1) is 0 Å². The zero-order chi connectivity index (χ0) is 13.3. The van der Waals surface area contributed by atoms with Crippen LogP contribution in [-0.4, -0.2) is 41.1 Å². The van der Waals surface area contributed by atoms with Gasteiger partial charge in [-0.3, -0.25) is 4.79 Å².